The zero-order chi connectivity index (χ0) is 17.8. The summed E-state index contributed by atoms with van der Waals surface area (Å²) in [5.74, 6) is -12.2. The number of rotatable bonds is 7. The predicted molar refractivity (Wildman–Crippen MR) is 68.4 cm³/mol. The second-order valence-electron chi connectivity index (χ2n) is 5.52. The van der Waals surface area contributed by atoms with Gasteiger partial charge in [0.05, 0.1) is 5.75 Å². The second-order valence-corrected chi connectivity index (χ2v) is 6.62. The highest BCUT2D eigenvalue weighted by Gasteiger charge is 2.72. The van der Waals surface area contributed by atoms with Crippen LogP contribution in [0.1, 0.15) is 33.6 Å². The molecule has 0 N–H and O–H groups in total. The van der Waals surface area contributed by atoms with Crippen molar-refractivity contribution in [3.63, 3.8) is 0 Å². The molecule has 0 aliphatic carbocycles. The van der Waals surface area contributed by atoms with E-state index < -0.39 is 42.4 Å². The van der Waals surface area contributed by atoms with Crippen molar-refractivity contribution in [1.82, 2.24) is 0 Å². The van der Waals surface area contributed by atoms with Crippen LogP contribution < -0.4 is 0 Å². The minimum Gasteiger partial charge on any atom is -0.459 e. The molecule has 0 aromatic rings. The normalized spacial score (nSPS) is 14.1. The third-order valence-electron chi connectivity index (χ3n) is 2.23. The molecule has 0 saturated carbocycles. The molecular formula is C12H17F7O2S. The highest BCUT2D eigenvalue weighted by atomic mass is 32.2. The van der Waals surface area contributed by atoms with E-state index in [9.17, 15) is 35.5 Å². The van der Waals surface area contributed by atoms with Crippen LogP contribution in [0.2, 0.25) is 0 Å². The maximum atomic E-state index is 12.9. The Morgan fingerprint density at radius 3 is 1.91 bits per heavy atom. The Hall–Kier alpha value is -0.670. The maximum Gasteiger partial charge on any atom is 0.459 e. The van der Waals surface area contributed by atoms with Gasteiger partial charge in [-0.1, -0.05) is 0 Å². The molecule has 22 heavy (non-hydrogen) atoms. The van der Waals surface area contributed by atoms with Crippen LogP contribution in [0.15, 0.2) is 0 Å². The van der Waals surface area contributed by atoms with Crippen LogP contribution in [0.5, 0.6) is 0 Å². The third-order valence-corrected chi connectivity index (χ3v) is 3.25. The fraction of sp³-hybridized carbons (Fsp3) is 0.917. The van der Waals surface area contributed by atoms with Crippen LogP contribution in [0.4, 0.5) is 30.7 Å². The highest BCUT2D eigenvalue weighted by molar-refractivity contribution is 7.99. The van der Waals surface area contributed by atoms with Gasteiger partial charge in [0.15, 0.2) is 0 Å². The molecule has 0 radical (unpaired) electrons. The Morgan fingerprint density at radius 2 is 1.50 bits per heavy atom. The minimum absolute atomic E-state index is 0.164. The van der Waals surface area contributed by atoms with E-state index in [1.165, 1.54) is 0 Å². The molecule has 0 atom stereocenters. The molecule has 10 heteroatoms. The van der Waals surface area contributed by atoms with Gasteiger partial charge in [-0.15, -0.1) is 0 Å². The molecule has 0 heterocycles. The van der Waals surface area contributed by atoms with E-state index in [1.54, 1.807) is 20.8 Å². The molecule has 0 aromatic carbocycles. The van der Waals surface area contributed by atoms with Crippen LogP contribution in [0.25, 0.3) is 0 Å². The summed E-state index contributed by atoms with van der Waals surface area (Å²) >= 11 is 0.827. The zero-order valence-corrected chi connectivity index (χ0v) is 13.0. The van der Waals surface area contributed by atoms with Gasteiger partial charge in [0.25, 0.3) is 0 Å². The van der Waals surface area contributed by atoms with Crippen LogP contribution >= 0.6 is 11.8 Å². The summed E-state index contributed by atoms with van der Waals surface area (Å²) in [6.07, 6.45) is -8.52. The Morgan fingerprint density at radius 1 is 1.00 bits per heavy atom. The van der Waals surface area contributed by atoms with Crippen LogP contribution in [-0.2, 0) is 9.53 Å². The minimum atomic E-state index is -6.31. The van der Waals surface area contributed by atoms with E-state index in [-0.39, 0.29) is 11.5 Å². The number of hydrogen-bond donors (Lipinski definition) is 0. The van der Waals surface area contributed by atoms with Crippen molar-refractivity contribution >= 4 is 17.7 Å². The summed E-state index contributed by atoms with van der Waals surface area (Å²) in [5, 5.41) is 0. The van der Waals surface area contributed by atoms with E-state index in [0.717, 1.165) is 11.8 Å². The SMILES string of the molecule is CC(C)(C)OC(=O)CSCCCC(F)(F)C(F)(F)C(F)(F)F. The third kappa shape index (κ3) is 6.62. The molecule has 0 bridgehead atoms. The zero-order valence-electron chi connectivity index (χ0n) is 12.2. The molecule has 2 nitrogen and oxygen atoms in total. The van der Waals surface area contributed by atoms with Crippen molar-refractivity contribution in [2.24, 2.45) is 0 Å². The first-order valence-corrected chi connectivity index (χ1v) is 7.37. The van der Waals surface area contributed by atoms with E-state index in [4.69, 9.17) is 4.74 Å². The van der Waals surface area contributed by atoms with E-state index in [2.05, 4.69) is 0 Å². The van der Waals surface area contributed by atoms with Crippen molar-refractivity contribution in [2.45, 2.75) is 57.2 Å². The van der Waals surface area contributed by atoms with Gasteiger partial charge in [0.1, 0.15) is 5.60 Å². The summed E-state index contributed by atoms with van der Waals surface area (Å²) in [6.45, 7) is 4.86. The first-order valence-electron chi connectivity index (χ1n) is 6.22. The van der Waals surface area contributed by atoms with Gasteiger partial charge in [-0.25, -0.2) is 0 Å². The van der Waals surface area contributed by atoms with Crippen molar-refractivity contribution in [2.75, 3.05) is 11.5 Å². The van der Waals surface area contributed by atoms with E-state index in [1.807, 2.05) is 0 Å². The average Bonchev–Trinajstić information content (AvgIpc) is 2.23. The number of thioether (sulfide) groups is 1. The van der Waals surface area contributed by atoms with Gasteiger partial charge in [0, 0.05) is 6.42 Å². The molecule has 132 valence electrons. The lowest BCUT2D eigenvalue weighted by Gasteiger charge is -2.28. The molecule has 0 unspecified atom stereocenters. The predicted octanol–water partition coefficient (Wildman–Crippen LogP) is 4.67. The Labute approximate surface area is 127 Å². The number of hydrogen-bond acceptors (Lipinski definition) is 3. The van der Waals surface area contributed by atoms with E-state index in [0.29, 0.717) is 0 Å². The molecule has 0 aliphatic rings. The Kier molecular flexibility index (Phi) is 7.05. The van der Waals surface area contributed by atoms with E-state index >= 15 is 0 Å². The van der Waals surface area contributed by atoms with Crippen molar-refractivity contribution in [3.8, 4) is 0 Å². The molecular weight excluding hydrogens is 341 g/mol. The lowest BCUT2D eigenvalue weighted by molar-refractivity contribution is -0.355. The van der Waals surface area contributed by atoms with Gasteiger partial charge < -0.3 is 4.74 Å². The quantitative estimate of drug-likeness (QED) is 0.376. The molecule has 0 saturated heterocycles. The van der Waals surface area contributed by atoms with Crippen molar-refractivity contribution < 1.29 is 40.3 Å². The smallest absolute Gasteiger partial charge is 0.459 e. The number of ether oxygens (including phenoxy) is 1. The molecule has 0 amide bonds. The van der Waals surface area contributed by atoms with Crippen molar-refractivity contribution in [3.05, 3.63) is 0 Å². The highest BCUT2D eigenvalue weighted by Crippen LogP contribution is 2.48. The van der Waals surface area contributed by atoms with Gasteiger partial charge in [-0.2, -0.15) is 42.5 Å². The first-order chi connectivity index (χ1) is 9.60. The number of esters is 1. The van der Waals surface area contributed by atoms with Gasteiger partial charge in [-0.05, 0) is 32.9 Å². The first kappa shape index (κ1) is 21.3. The summed E-state index contributed by atoms with van der Waals surface area (Å²) in [4.78, 5) is 11.2. The van der Waals surface area contributed by atoms with Crippen LogP contribution in [0, 0.1) is 0 Å². The fourth-order valence-corrected chi connectivity index (χ4v) is 2.01. The number of carbonyl (C=O) groups is 1. The number of halogens is 7. The summed E-state index contributed by atoms with van der Waals surface area (Å²) < 4.78 is 91.5. The average molecular weight is 358 g/mol. The molecule has 0 rings (SSSR count). The molecule has 0 fully saturated rings. The van der Waals surface area contributed by atoms with Gasteiger partial charge in [-0.3, -0.25) is 4.79 Å². The lowest BCUT2D eigenvalue weighted by Crippen LogP contribution is -2.51. The number of carbonyl (C=O) groups excluding carboxylic acids is 1. The van der Waals surface area contributed by atoms with Crippen LogP contribution in [-0.4, -0.2) is 41.1 Å². The van der Waals surface area contributed by atoms with Gasteiger partial charge >= 0.3 is 24.0 Å². The Balaban J connectivity index is 4.19. The standard InChI is InChI=1S/C12H17F7O2S/c1-9(2,3)21-8(20)7-22-6-4-5-10(13,14)11(15,16)12(17,18)19/h4-7H2,1-3H3. The Bertz CT molecular complexity index is 375. The number of alkyl halides is 7. The maximum absolute atomic E-state index is 12.9. The second kappa shape index (κ2) is 7.27. The molecule has 0 aliphatic heterocycles. The molecule has 0 aromatic heterocycles. The molecule has 0 spiro atoms. The largest absolute Gasteiger partial charge is 0.459 e. The van der Waals surface area contributed by atoms with Crippen molar-refractivity contribution in [1.29, 1.82) is 0 Å². The van der Waals surface area contributed by atoms with Gasteiger partial charge in [0.2, 0.25) is 0 Å². The summed E-state index contributed by atoms with van der Waals surface area (Å²) in [5.41, 5.74) is -0.723. The summed E-state index contributed by atoms with van der Waals surface area (Å²) in [6, 6.07) is 0. The fourth-order valence-electron chi connectivity index (χ4n) is 1.29. The van der Waals surface area contributed by atoms with Crippen LogP contribution in [0.3, 0.4) is 0 Å². The lowest BCUT2D eigenvalue weighted by atomic mass is 10.1. The summed E-state index contributed by atoms with van der Waals surface area (Å²) in [7, 11) is 0. The monoisotopic (exact) mass is 358 g/mol. The topological polar surface area (TPSA) is 26.3 Å².